The van der Waals surface area contributed by atoms with Gasteiger partial charge in [-0.25, -0.2) is 18.0 Å². The molecule has 0 spiro atoms. The molecule has 1 fully saturated rings. The topological polar surface area (TPSA) is 131 Å². The molecule has 1 aliphatic rings. The summed E-state index contributed by atoms with van der Waals surface area (Å²) in [6.07, 6.45) is 0.333. The largest absolute Gasteiger partial charge is 0.452 e. The van der Waals surface area contributed by atoms with Crippen LogP contribution in [0.15, 0.2) is 24.3 Å². The van der Waals surface area contributed by atoms with E-state index in [1.807, 2.05) is 13.8 Å². The minimum atomic E-state index is -3.15. The molecule has 0 aromatic heterocycles. The van der Waals surface area contributed by atoms with Crippen molar-refractivity contribution in [3.63, 3.8) is 0 Å². The molecule has 2 rings (SSSR count). The summed E-state index contributed by atoms with van der Waals surface area (Å²) in [4.78, 5) is 35.7. The fourth-order valence-electron chi connectivity index (χ4n) is 2.95. The minimum Gasteiger partial charge on any atom is -0.452 e. The van der Waals surface area contributed by atoms with Gasteiger partial charge in [-0.1, -0.05) is 12.1 Å². The van der Waals surface area contributed by atoms with Gasteiger partial charge in [0.05, 0.1) is 22.6 Å². The SMILES string of the molecule is CC(C)NC(=O)NCc1ccc(C(=O)OCC(=O)N[C@]2(C)CCS(=O)(=O)C2)cc1. The number of nitrogens with one attached hydrogen (secondary N) is 3. The van der Waals surface area contributed by atoms with Gasteiger partial charge in [-0.15, -0.1) is 0 Å². The molecule has 1 aliphatic heterocycles. The lowest BCUT2D eigenvalue weighted by molar-refractivity contribution is -0.125. The van der Waals surface area contributed by atoms with Gasteiger partial charge >= 0.3 is 12.0 Å². The Morgan fingerprint density at radius 3 is 2.38 bits per heavy atom. The van der Waals surface area contributed by atoms with Crippen LogP contribution >= 0.6 is 0 Å². The number of hydrogen-bond donors (Lipinski definition) is 3. The first kappa shape index (κ1) is 22.7. The third kappa shape index (κ3) is 7.37. The lowest BCUT2D eigenvalue weighted by Gasteiger charge is -2.23. The fourth-order valence-corrected chi connectivity index (χ4v) is 5.04. The number of benzene rings is 1. The highest BCUT2D eigenvalue weighted by Gasteiger charge is 2.39. The smallest absolute Gasteiger partial charge is 0.338 e. The zero-order valence-corrected chi connectivity index (χ0v) is 17.6. The molecule has 3 N–H and O–H groups in total. The molecule has 1 heterocycles. The van der Waals surface area contributed by atoms with Gasteiger partial charge in [-0.05, 0) is 44.9 Å². The van der Waals surface area contributed by atoms with Crippen LogP contribution in [-0.4, -0.2) is 56.0 Å². The molecule has 1 atom stereocenters. The Morgan fingerprint density at radius 1 is 1.17 bits per heavy atom. The van der Waals surface area contributed by atoms with E-state index in [1.165, 1.54) is 0 Å². The van der Waals surface area contributed by atoms with Gasteiger partial charge in [-0.2, -0.15) is 0 Å². The molecule has 160 valence electrons. The summed E-state index contributed by atoms with van der Waals surface area (Å²) >= 11 is 0. The molecule has 0 bridgehead atoms. The highest BCUT2D eigenvalue weighted by Crippen LogP contribution is 2.22. The number of carbonyl (C=O) groups is 3. The van der Waals surface area contributed by atoms with Crippen molar-refractivity contribution < 1.29 is 27.5 Å². The van der Waals surface area contributed by atoms with Gasteiger partial charge < -0.3 is 20.7 Å². The van der Waals surface area contributed by atoms with Crippen molar-refractivity contribution in [3.05, 3.63) is 35.4 Å². The molecule has 1 aromatic carbocycles. The van der Waals surface area contributed by atoms with Crippen molar-refractivity contribution in [2.75, 3.05) is 18.1 Å². The number of amides is 3. The molecular weight excluding hydrogens is 398 g/mol. The van der Waals surface area contributed by atoms with E-state index in [0.29, 0.717) is 13.0 Å². The molecule has 1 saturated heterocycles. The Bertz CT molecular complexity index is 866. The van der Waals surface area contributed by atoms with Gasteiger partial charge in [0.2, 0.25) is 0 Å². The van der Waals surface area contributed by atoms with Crippen LogP contribution in [0.4, 0.5) is 4.79 Å². The van der Waals surface area contributed by atoms with Gasteiger partial charge in [-0.3, -0.25) is 4.79 Å². The lowest BCUT2D eigenvalue weighted by Crippen LogP contribution is -2.48. The summed E-state index contributed by atoms with van der Waals surface area (Å²) in [5, 5.41) is 8.03. The van der Waals surface area contributed by atoms with Gasteiger partial charge in [0.25, 0.3) is 5.91 Å². The average Bonchev–Trinajstić information content (AvgIpc) is 2.90. The highest BCUT2D eigenvalue weighted by atomic mass is 32.2. The summed E-state index contributed by atoms with van der Waals surface area (Å²) in [7, 11) is -3.15. The van der Waals surface area contributed by atoms with E-state index in [2.05, 4.69) is 16.0 Å². The third-order valence-electron chi connectivity index (χ3n) is 4.34. The number of urea groups is 1. The summed E-state index contributed by atoms with van der Waals surface area (Å²) in [5.41, 5.74) is 0.232. The number of hydrogen-bond acceptors (Lipinski definition) is 6. The second kappa shape index (κ2) is 9.25. The quantitative estimate of drug-likeness (QED) is 0.553. The maximum absolute atomic E-state index is 12.1. The van der Waals surface area contributed by atoms with Crippen LogP contribution in [0.3, 0.4) is 0 Å². The third-order valence-corrected chi connectivity index (χ3v) is 6.24. The summed E-state index contributed by atoms with van der Waals surface area (Å²) in [6, 6.07) is 6.20. The first-order valence-corrected chi connectivity index (χ1v) is 11.1. The van der Waals surface area contributed by atoms with Crippen molar-refractivity contribution in [2.45, 2.75) is 45.3 Å². The van der Waals surface area contributed by atoms with E-state index >= 15 is 0 Å². The second-order valence-corrected chi connectivity index (χ2v) is 9.89. The number of rotatable bonds is 7. The van der Waals surface area contributed by atoms with Crippen molar-refractivity contribution >= 4 is 27.7 Å². The van der Waals surface area contributed by atoms with Gasteiger partial charge in [0, 0.05) is 12.6 Å². The number of carbonyl (C=O) groups excluding carboxylic acids is 3. The Hall–Kier alpha value is -2.62. The normalized spacial score (nSPS) is 20.1. The zero-order chi connectivity index (χ0) is 21.7. The molecule has 29 heavy (non-hydrogen) atoms. The van der Waals surface area contributed by atoms with Crippen LogP contribution in [0.25, 0.3) is 0 Å². The van der Waals surface area contributed by atoms with Crippen LogP contribution in [0.5, 0.6) is 0 Å². The van der Waals surface area contributed by atoms with Crippen molar-refractivity contribution in [2.24, 2.45) is 0 Å². The van der Waals surface area contributed by atoms with Crippen molar-refractivity contribution in [1.29, 1.82) is 0 Å². The van der Waals surface area contributed by atoms with Crippen LogP contribution < -0.4 is 16.0 Å². The molecule has 1 aromatic rings. The summed E-state index contributed by atoms with van der Waals surface area (Å²) < 4.78 is 28.1. The molecule has 3 amide bonds. The van der Waals surface area contributed by atoms with Crippen LogP contribution in [-0.2, 0) is 25.9 Å². The minimum absolute atomic E-state index is 0.0317. The van der Waals surface area contributed by atoms with E-state index in [1.54, 1.807) is 31.2 Å². The Morgan fingerprint density at radius 2 is 1.83 bits per heavy atom. The molecule has 10 heteroatoms. The Labute approximate surface area is 170 Å². The molecule has 0 unspecified atom stereocenters. The van der Waals surface area contributed by atoms with E-state index in [0.717, 1.165) is 5.56 Å². The maximum Gasteiger partial charge on any atom is 0.338 e. The predicted molar refractivity (Wildman–Crippen MR) is 107 cm³/mol. The van der Waals surface area contributed by atoms with Gasteiger partial charge in [0.1, 0.15) is 0 Å². The second-order valence-electron chi connectivity index (χ2n) is 7.71. The summed E-state index contributed by atoms with van der Waals surface area (Å²) in [5.74, 6) is -1.30. The monoisotopic (exact) mass is 425 g/mol. The Balaban J connectivity index is 1.79. The number of sulfone groups is 1. The fraction of sp³-hybridized carbons (Fsp3) is 0.526. The molecule has 0 aliphatic carbocycles. The predicted octanol–water partition coefficient (Wildman–Crippen LogP) is 0.744. The van der Waals surface area contributed by atoms with E-state index in [9.17, 15) is 22.8 Å². The molecule has 0 saturated carbocycles. The summed E-state index contributed by atoms with van der Waals surface area (Å²) in [6.45, 7) is 5.18. The lowest BCUT2D eigenvalue weighted by atomic mass is 10.0. The molecule has 0 radical (unpaired) electrons. The van der Waals surface area contributed by atoms with Crippen molar-refractivity contribution in [1.82, 2.24) is 16.0 Å². The van der Waals surface area contributed by atoms with Crippen LogP contribution in [0.1, 0.15) is 43.1 Å². The Kier molecular flexibility index (Phi) is 7.23. The van der Waals surface area contributed by atoms with E-state index in [4.69, 9.17) is 4.74 Å². The van der Waals surface area contributed by atoms with E-state index < -0.39 is 33.9 Å². The highest BCUT2D eigenvalue weighted by molar-refractivity contribution is 7.91. The number of ether oxygens (including phenoxy) is 1. The molecular formula is C19H27N3O6S. The first-order chi connectivity index (χ1) is 13.5. The van der Waals surface area contributed by atoms with Crippen LogP contribution in [0, 0.1) is 0 Å². The molecule has 9 nitrogen and oxygen atoms in total. The maximum atomic E-state index is 12.1. The number of esters is 1. The average molecular weight is 426 g/mol. The van der Waals surface area contributed by atoms with Crippen LogP contribution in [0.2, 0.25) is 0 Å². The van der Waals surface area contributed by atoms with Gasteiger partial charge in [0.15, 0.2) is 16.4 Å². The standard InChI is InChI=1S/C19H27N3O6S/c1-13(2)21-18(25)20-10-14-4-6-15(7-5-14)17(24)28-11-16(23)22-19(3)8-9-29(26,27)12-19/h4-7,13H,8-12H2,1-3H3,(H,22,23)(H2,20,21,25)/t19-/m1/s1. The van der Waals surface area contributed by atoms with Crippen molar-refractivity contribution in [3.8, 4) is 0 Å². The zero-order valence-electron chi connectivity index (χ0n) is 16.8. The first-order valence-electron chi connectivity index (χ1n) is 9.30. The van der Waals surface area contributed by atoms with E-state index in [-0.39, 0.29) is 29.1 Å².